The van der Waals surface area contributed by atoms with Crippen LogP contribution in [0.3, 0.4) is 0 Å². The summed E-state index contributed by atoms with van der Waals surface area (Å²) >= 11 is 12.4. The van der Waals surface area contributed by atoms with E-state index >= 15 is 0 Å². The highest BCUT2D eigenvalue weighted by Gasteiger charge is 2.15. The molecule has 0 spiro atoms. The zero-order chi connectivity index (χ0) is 23.5. The van der Waals surface area contributed by atoms with Crippen molar-refractivity contribution in [3.63, 3.8) is 0 Å². The largest absolute Gasteiger partial charge is 0.453 e. The minimum Gasteiger partial charge on any atom is -0.453 e. The second kappa shape index (κ2) is 9.56. The molecule has 6 heteroatoms. The number of nitrogens with zero attached hydrogens (tertiary/aromatic N) is 2. The summed E-state index contributed by atoms with van der Waals surface area (Å²) in [6, 6.07) is 28.3. The van der Waals surface area contributed by atoms with E-state index in [0.29, 0.717) is 21.4 Å². The lowest BCUT2D eigenvalue weighted by Gasteiger charge is -2.02. The lowest BCUT2D eigenvalue weighted by molar-refractivity contribution is 0.102. The molecule has 34 heavy (non-hydrogen) atoms. The summed E-state index contributed by atoms with van der Waals surface area (Å²) in [7, 11) is 0. The molecule has 0 N–H and O–H groups in total. The van der Waals surface area contributed by atoms with Crippen LogP contribution in [0.4, 0.5) is 0 Å². The maximum atomic E-state index is 12.9. The summed E-state index contributed by atoms with van der Waals surface area (Å²) in [5.41, 5.74) is 4.11. The molecule has 4 nitrogen and oxygen atoms in total. The van der Waals surface area contributed by atoms with Gasteiger partial charge in [-0.3, -0.25) is 4.79 Å². The van der Waals surface area contributed by atoms with E-state index in [0.717, 1.165) is 22.5 Å². The van der Waals surface area contributed by atoms with Crippen LogP contribution < -0.4 is 0 Å². The third-order valence-corrected chi connectivity index (χ3v) is 6.11. The van der Waals surface area contributed by atoms with E-state index in [9.17, 15) is 4.79 Å². The normalized spacial score (nSPS) is 11.2. The van der Waals surface area contributed by atoms with Crippen molar-refractivity contribution in [2.45, 2.75) is 0 Å². The van der Waals surface area contributed by atoms with Gasteiger partial charge in [-0.15, -0.1) is 0 Å². The molecule has 0 atom stereocenters. The Balaban J connectivity index is 1.46. The highest BCUT2D eigenvalue weighted by atomic mass is 35.5. The van der Waals surface area contributed by atoms with Crippen LogP contribution in [-0.2, 0) is 0 Å². The van der Waals surface area contributed by atoms with Gasteiger partial charge in [0.05, 0.1) is 21.4 Å². The Morgan fingerprint density at radius 1 is 0.853 bits per heavy atom. The van der Waals surface area contributed by atoms with Crippen molar-refractivity contribution in [3.8, 4) is 28.3 Å². The first-order valence-electron chi connectivity index (χ1n) is 10.6. The Hall–Kier alpha value is -3.86. The highest BCUT2D eigenvalue weighted by Crippen LogP contribution is 2.34. The van der Waals surface area contributed by atoms with Gasteiger partial charge in [0.25, 0.3) is 0 Å². The zero-order valence-corrected chi connectivity index (χ0v) is 19.4. The molecule has 0 amide bonds. The number of halogens is 2. The van der Waals surface area contributed by atoms with Gasteiger partial charge in [0.15, 0.2) is 5.76 Å². The minimum absolute atomic E-state index is 0.207. The molecule has 0 aliphatic rings. The smallest absolute Gasteiger partial charge is 0.221 e. The summed E-state index contributed by atoms with van der Waals surface area (Å²) in [6.07, 6.45) is 5.15. The number of carbonyl (C=O) groups is 1. The molecule has 2 aromatic heterocycles. The third kappa shape index (κ3) is 4.46. The topological polar surface area (TPSA) is 48.0 Å². The van der Waals surface area contributed by atoms with Crippen molar-refractivity contribution in [1.82, 2.24) is 9.78 Å². The maximum absolute atomic E-state index is 12.9. The van der Waals surface area contributed by atoms with E-state index in [1.807, 2.05) is 66.9 Å². The summed E-state index contributed by atoms with van der Waals surface area (Å²) < 4.78 is 7.58. The van der Waals surface area contributed by atoms with Crippen LogP contribution >= 0.6 is 23.2 Å². The van der Waals surface area contributed by atoms with E-state index in [1.54, 1.807) is 41.1 Å². The molecule has 0 radical (unpaired) electrons. The number of hydrogen-bond donors (Lipinski definition) is 0. The average Bonchev–Trinajstić information content (AvgIpc) is 3.53. The van der Waals surface area contributed by atoms with E-state index < -0.39 is 0 Å². The van der Waals surface area contributed by atoms with Crippen LogP contribution in [0.5, 0.6) is 0 Å². The molecule has 0 aliphatic carbocycles. The number of benzene rings is 3. The number of ketones is 1. The van der Waals surface area contributed by atoms with Crippen molar-refractivity contribution >= 4 is 35.1 Å². The first kappa shape index (κ1) is 22.0. The van der Waals surface area contributed by atoms with Gasteiger partial charge in [0, 0.05) is 22.9 Å². The number of allylic oxidation sites excluding steroid dienone is 1. The number of aromatic nitrogens is 2. The predicted molar refractivity (Wildman–Crippen MR) is 137 cm³/mol. The molecular formula is C28H18Cl2N2O2. The molecule has 0 bridgehead atoms. The fourth-order valence-corrected chi connectivity index (χ4v) is 3.99. The van der Waals surface area contributed by atoms with Gasteiger partial charge >= 0.3 is 0 Å². The molecule has 0 saturated heterocycles. The summed E-state index contributed by atoms with van der Waals surface area (Å²) in [5, 5.41) is 5.57. The quantitative estimate of drug-likeness (QED) is 0.181. The molecule has 5 aromatic rings. The average molecular weight is 485 g/mol. The van der Waals surface area contributed by atoms with E-state index in [2.05, 4.69) is 0 Å². The second-order valence-electron chi connectivity index (χ2n) is 7.54. The van der Waals surface area contributed by atoms with Crippen molar-refractivity contribution in [1.29, 1.82) is 0 Å². The number of furan rings is 1. The fraction of sp³-hybridized carbons (Fsp3) is 0. The molecule has 0 saturated carbocycles. The molecule has 5 rings (SSSR count). The Labute approximate surface area is 206 Å². The lowest BCUT2D eigenvalue weighted by Crippen LogP contribution is -1.93. The first-order chi connectivity index (χ1) is 16.6. The van der Waals surface area contributed by atoms with E-state index in [1.165, 1.54) is 6.08 Å². The van der Waals surface area contributed by atoms with E-state index in [-0.39, 0.29) is 11.5 Å². The molecule has 3 aromatic carbocycles. The van der Waals surface area contributed by atoms with Gasteiger partial charge in [-0.05, 0) is 48.6 Å². The van der Waals surface area contributed by atoms with Crippen LogP contribution in [-0.4, -0.2) is 15.6 Å². The van der Waals surface area contributed by atoms with Gasteiger partial charge in [-0.25, -0.2) is 4.68 Å². The second-order valence-corrected chi connectivity index (χ2v) is 8.33. The van der Waals surface area contributed by atoms with Gasteiger partial charge in [0.2, 0.25) is 5.78 Å². The van der Waals surface area contributed by atoms with Gasteiger partial charge in [0.1, 0.15) is 5.76 Å². The van der Waals surface area contributed by atoms with Crippen LogP contribution in [0.1, 0.15) is 16.1 Å². The monoisotopic (exact) mass is 484 g/mol. The Morgan fingerprint density at radius 2 is 1.59 bits per heavy atom. The highest BCUT2D eigenvalue weighted by molar-refractivity contribution is 6.43. The van der Waals surface area contributed by atoms with Crippen molar-refractivity contribution in [2.24, 2.45) is 0 Å². The fourth-order valence-electron chi connectivity index (χ4n) is 3.60. The number of para-hydroxylation sites is 1. The molecular weight excluding hydrogens is 467 g/mol. The standard InChI is InChI=1S/C28H18Cl2N2O2/c29-23-13-7-12-22(27(23)30)25-16-17-26(34-25)24(33)15-14-20-18-32(21-10-5-2-6-11-21)31-28(20)19-8-3-1-4-9-19/h1-18H. The molecule has 0 fully saturated rings. The van der Waals surface area contributed by atoms with Crippen molar-refractivity contribution in [2.75, 3.05) is 0 Å². The number of carbonyl (C=O) groups excluding carboxylic acids is 1. The van der Waals surface area contributed by atoms with Crippen LogP contribution in [0, 0.1) is 0 Å². The van der Waals surface area contributed by atoms with Crippen LogP contribution in [0.25, 0.3) is 34.3 Å². The number of hydrogen-bond acceptors (Lipinski definition) is 3. The molecule has 0 unspecified atom stereocenters. The third-order valence-electron chi connectivity index (χ3n) is 5.29. The molecule has 166 valence electrons. The van der Waals surface area contributed by atoms with Crippen LogP contribution in [0.2, 0.25) is 10.0 Å². The first-order valence-corrected chi connectivity index (χ1v) is 11.3. The summed E-state index contributed by atoms with van der Waals surface area (Å²) in [4.78, 5) is 12.9. The Bertz CT molecular complexity index is 1490. The summed E-state index contributed by atoms with van der Waals surface area (Å²) in [6.45, 7) is 0. The lowest BCUT2D eigenvalue weighted by atomic mass is 10.1. The van der Waals surface area contributed by atoms with Gasteiger partial charge in [-0.1, -0.05) is 77.8 Å². The van der Waals surface area contributed by atoms with E-state index in [4.69, 9.17) is 32.7 Å². The Morgan fingerprint density at radius 3 is 2.35 bits per heavy atom. The Kier molecular flexibility index (Phi) is 6.17. The summed E-state index contributed by atoms with van der Waals surface area (Å²) in [5.74, 6) is 0.418. The minimum atomic E-state index is -0.268. The van der Waals surface area contributed by atoms with Crippen molar-refractivity contribution in [3.05, 3.63) is 125 Å². The van der Waals surface area contributed by atoms with Gasteiger partial charge in [-0.2, -0.15) is 5.10 Å². The molecule has 0 aliphatic heterocycles. The molecule has 2 heterocycles. The number of rotatable bonds is 6. The van der Waals surface area contributed by atoms with Gasteiger partial charge < -0.3 is 4.42 Å². The zero-order valence-electron chi connectivity index (χ0n) is 17.9. The van der Waals surface area contributed by atoms with Crippen LogP contribution in [0.15, 0.2) is 108 Å². The SMILES string of the molecule is O=C(C=Cc1cn(-c2ccccc2)nc1-c1ccccc1)c1ccc(-c2cccc(Cl)c2Cl)o1. The predicted octanol–water partition coefficient (Wildman–Crippen LogP) is 8.00. The maximum Gasteiger partial charge on any atom is 0.221 e. The van der Waals surface area contributed by atoms with Crippen molar-refractivity contribution < 1.29 is 9.21 Å².